The third-order valence-corrected chi connectivity index (χ3v) is 4.42. The van der Waals surface area contributed by atoms with Crippen molar-refractivity contribution in [1.29, 1.82) is 0 Å². The molecular weight excluding hydrogens is 220 g/mol. The summed E-state index contributed by atoms with van der Waals surface area (Å²) >= 11 is 0. The van der Waals surface area contributed by atoms with Gasteiger partial charge in [0.05, 0.1) is 11.0 Å². The lowest BCUT2D eigenvalue weighted by molar-refractivity contribution is 0.327. The van der Waals surface area contributed by atoms with Crippen LogP contribution in [0.5, 0.6) is 0 Å². The van der Waals surface area contributed by atoms with E-state index in [1.807, 2.05) is 0 Å². The summed E-state index contributed by atoms with van der Waals surface area (Å²) in [6.45, 7) is 2.38. The average molecular weight is 242 g/mol. The normalized spacial score (nSPS) is 20.5. The molecule has 1 aliphatic carbocycles. The molecule has 1 heterocycles. The zero-order chi connectivity index (χ0) is 12.4. The third-order valence-electron chi connectivity index (χ3n) is 4.42. The van der Waals surface area contributed by atoms with E-state index in [1.54, 1.807) is 0 Å². The number of fused-ring (bicyclic) bond motifs is 1. The second-order valence-electron chi connectivity index (χ2n) is 5.93. The predicted octanol–water partition coefficient (Wildman–Crippen LogP) is 4.56. The van der Waals surface area contributed by atoms with Crippen LogP contribution in [-0.4, -0.2) is 9.97 Å². The Morgan fingerprint density at radius 3 is 2.39 bits per heavy atom. The number of hydrogen-bond donors (Lipinski definition) is 1. The van der Waals surface area contributed by atoms with Crippen molar-refractivity contribution >= 4 is 11.0 Å². The molecule has 0 atom stereocenters. The molecule has 1 aliphatic rings. The number of benzene rings is 1. The molecule has 2 nitrogen and oxygen atoms in total. The molecule has 3 rings (SSSR count). The van der Waals surface area contributed by atoms with Crippen LogP contribution in [-0.2, 0) is 5.41 Å². The lowest BCUT2D eigenvalue weighted by atomic mass is 9.77. The molecule has 0 bridgehead atoms. The topological polar surface area (TPSA) is 28.7 Å². The summed E-state index contributed by atoms with van der Waals surface area (Å²) in [5.41, 5.74) is 2.53. The maximum Gasteiger partial charge on any atom is 0.113 e. The number of aromatic amines is 1. The van der Waals surface area contributed by atoms with Crippen molar-refractivity contribution in [3.05, 3.63) is 30.1 Å². The minimum Gasteiger partial charge on any atom is -0.342 e. The van der Waals surface area contributed by atoms with Gasteiger partial charge in [-0.25, -0.2) is 4.98 Å². The fourth-order valence-corrected chi connectivity index (χ4v) is 3.16. The second kappa shape index (κ2) is 4.75. The second-order valence-corrected chi connectivity index (χ2v) is 5.93. The van der Waals surface area contributed by atoms with E-state index in [0.717, 1.165) is 5.52 Å². The van der Waals surface area contributed by atoms with Crippen LogP contribution in [0, 0.1) is 0 Å². The highest BCUT2D eigenvalue weighted by molar-refractivity contribution is 5.74. The Labute approximate surface area is 109 Å². The van der Waals surface area contributed by atoms with Crippen LogP contribution in [0.2, 0.25) is 0 Å². The fraction of sp³-hybridized carbons (Fsp3) is 0.562. The van der Waals surface area contributed by atoms with E-state index in [9.17, 15) is 0 Å². The molecule has 0 aliphatic heterocycles. The molecular formula is C16H22N2. The maximum atomic E-state index is 4.82. The molecule has 1 aromatic heterocycles. The number of hydrogen-bond acceptors (Lipinski definition) is 1. The molecule has 2 heteroatoms. The molecule has 2 aromatic rings. The van der Waals surface area contributed by atoms with E-state index in [4.69, 9.17) is 4.98 Å². The zero-order valence-electron chi connectivity index (χ0n) is 11.2. The van der Waals surface area contributed by atoms with E-state index in [1.165, 1.54) is 56.3 Å². The van der Waals surface area contributed by atoms with E-state index >= 15 is 0 Å². The Morgan fingerprint density at radius 1 is 1.00 bits per heavy atom. The molecule has 0 amide bonds. The van der Waals surface area contributed by atoms with Crippen molar-refractivity contribution in [2.45, 2.75) is 57.3 Å². The molecule has 1 N–H and O–H groups in total. The van der Waals surface area contributed by atoms with Gasteiger partial charge in [-0.15, -0.1) is 0 Å². The number of H-pyrrole nitrogens is 1. The summed E-state index contributed by atoms with van der Waals surface area (Å²) in [4.78, 5) is 8.37. The van der Waals surface area contributed by atoms with Crippen LogP contribution in [0.15, 0.2) is 24.3 Å². The van der Waals surface area contributed by atoms with E-state index in [2.05, 4.69) is 36.2 Å². The van der Waals surface area contributed by atoms with E-state index in [-0.39, 0.29) is 5.41 Å². The van der Waals surface area contributed by atoms with Gasteiger partial charge >= 0.3 is 0 Å². The number of imidazole rings is 1. The van der Waals surface area contributed by atoms with Crippen molar-refractivity contribution in [2.75, 3.05) is 0 Å². The Hall–Kier alpha value is -1.31. The molecule has 0 radical (unpaired) electrons. The van der Waals surface area contributed by atoms with E-state index in [0.29, 0.717) is 0 Å². The molecule has 1 aromatic carbocycles. The summed E-state index contributed by atoms with van der Waals surface area (Å²) in [7, 11) is 0. The SMILES string of the molecule is CC1(c2nc3ccccc3[nH]2)CCCCCCC1. The molecule has 1 fully saturated rings. The fourth-order valence-electron chi connectivity index (χ4n) is 3.16. The molecule has 96 valence electrons. The summed E-state index contributed by atoms with van der Waals surface area (Å²) < 4.78 is 0. The van der Waals surface area contributed by atoms with Gasteiger partial charge in [0.2, 0.25) is 0 Å². The van der Waals surface area contributed by atoms with Gasteiger partial charge in [0.25, 0.3) is 0 Å². The summed E-state index contributed by atoms with van der Waals surface area (Å²) in [6, 6.07) is 8.36. The lowest BCUT2D eigenvalue weighted by Gasteiger charge is -2.29. The first-order valence-electron chi connectivity index (χ1n) is 7.23. The first kappa shape index (κ1) is 11.8. The first-order valence-corrected chi connectivity index (χ1v) is 7.23. The molecule has 18 heavy (non-hydrogen) atoms. The van der Waals surface area contributed by atoms with Gasteiger partial charge in [0.1, 0.15) is 5.82 Å². The maximum absolute atomic E-state index is 4.82. The quantitative estimate of drug-likeness (QED) is 0.780. The van der Waals surface area contributed by atoms with Gasteiger partial charge < -0.3 is 4.98 Å². The number of rotatable bonds is 1. The molecule has 0 spiro atoms. The van der Waals surface area contributed by atoms with Gasteiger partial charge in [-0.3, -0.25) is 0 Å². The Kier molecular flexibility index (Phi) is 3.11. The van der Waals surface area contributed by atoms with Crippen molar-refractivity contribution in [2.24, 2.45) is 0 Å². The highest BCUT2D eigenvalue weighted by Crippen LogP contribution is 2.36. The van der Waals surface area contributed by atoms with Crippen molar-refractivity contribution in [3.8, 4) is 0 Å². The third kappa shape index (κ3) is 2.16. The summed E-state index contributed by atoms with van der Waals surface area (Å²) in [5, 5.41) is 0. The Bertz CT molecular complexity index is 486. The van der Waals surface area contributed by atoms with Gasteiger partial charge in [-0.1, -0.05) is 51.2 Å². The van der Waals surface area contributed by atoms with Crippen LogP contribution in [0.25, 0.3) is 11.0 Å². The highest BCUT2D eigenvalue weighted by Gasteiger charge is 2.29. The molecule has 0 saturated heterocycles. The van der Waals surface area contributed by atoms with Crippen LogP contribution in [0.4, 0.5) is 0 Å². The Morgan fingerprint density at radius 2 is 1.67 bits per heavy atom. The van der Waals surface area contributed by atoms with Gasteiger partial charge in [0.15, 0.2) is 0 Å². The molecule has 0 unspecified atom stereocenters. The van der Waals surface area contributed by atoms with Gasteiger partial charge in [-0.2, -0.15) is 0 Å². The minimum atomic E-state index is 0.249. The van der Waals surface area contributed by atoms with Crippen molar-refractivity contribution in [1.82, 2.24) is 9.97 Å². The average Bonchev–Trinajstić information content (AvgIpc) is 2.78. The Balaban J connectivity index is 1.95. The highest BCUT2D eigenvalue weighted by atomic mass is 14.9. The van der Waals surface area contributed by atoms with Gasteiger partial charge in [-0.05, 0) is 25.0 Å². The first-order chi connectivity index (χ1) is 8.78. The van der Waals surface area contributed by atoms with E-state index < -0.39 is 0 Å². The zero-order valence-corrected chi connectivity index (χ0v) is 11.2. The summed E-state index contributed by atoms with van der Waals surface area (Å²) in [6.07, 6.45) is 9.41. The van der Waals surface area contributed by atoms with Crippen LogP contribution < -0.4 is 0 Å². The standard InChI is InChI=1S/C16H22N2/c1-16(11-7-3-2-4-8-12-16)15-17-13-9-5-6-10-14(13)18-15/h5-6,9-10H,2-4,7-8,11-12H2,1H3,(H,17,18). The largest absolute Gasteiger partial charge is 0.342 e. The van der Waals surface area contributed by atoms with Crippen molar-refractivity contribution < 1.29 is 0 Å². The number of nitrogens with one attached hydrogen (secondary N) is 1. The summed E-state index contributed by atoms with van der Waals surface area (Å²) in [5.74, 6) is 1.20. The number of para-hydroxylation sites is 2. The van der Waals surface area contributed by atoms with Crippen LogP contribution in [0.1, 0.15) is 57.7 Å². The van der Waals surface area contributed by atoms with Crippen molar-refractivity contribution in [3.63, 3.8) is 0 Å². The lowest BCUT2D eigenvalue weighted by Crippen LogP contribution is -2.24. The monoisotopic (exact) mass is 242 g/mol. The smallest absolute Gasteiger partial charge is 0.113 e. The minimum absolute atomic E-state index is 0.249. The van der Waals surface area contributed by atoms with Gasteiger partial charge in [0, 0.05) is 5.41 Å². The van der Waals surface area contributed by atoms with Crippen LogP contribution >= 0.6 is 0 Å². The number of nitrogens with zero attached hydrogens (tertiary/aromatic N) is 1. The predicted molar refractivity (Wildman–Crippen MR) is 75.8 cm³/mol. The molecule has 1 saturated carbocycles. The van der Waals surface area contributed by atoms with Crippen LogP contribution in [0.3, 0.4) is 0 Å². The number of aromatic nitrogens is 2.